The molecule has 2 rings (SSSR count). The van der Waals surface area contributed by atoms with Crippen molar-refractivity contribution >= 4 is 105 Å². The molecular formula is C30H62ClN15O6S3. The van der Waals surface area contributed by atoms with Crippen LogP contribution in [0, 0.1) is 27.7 Å². The summed E-state index contributed by atoms with van der Waals surface area (Å²) >= 11 is 12.8. The van der Waals surface area contributed by atoms with Crippen LogP contribution in [0.5, 0.6) is 0 Å². The number of amides is 5. The van der Waals surface area contributed by atoms with Crippen LogP contribution >= 0.6 is 46.5 Å². The zero-order valence-corrected chi connectivity index (χ0v) is 37.9. The quantitative estimate of drug-likeness (QED) is 0.0538. The average Bonchev–Trinajstić information content (AvgIpc) is 3.68. The maximum absolute atomic E-state index is 10.0. The van der Waals surface area contributed by atoms with E-state index in [1.54, 1.807) is 56.6 Å². The van der Waals surface area contributed by atoms with Crippen LogP contribution in [-0.4, -0.2) is 78.8 Å². The van der Waals surface area contributed by atoms with Crippen LogP contribution in [0.25, 0.3) is 0 Å². The monoisotopic (exact) mass is 859 g/mol. The van der Waals surface area contributed by atoms with Gasteiger partial charge in [-0.25, -0.2) is 17.1 Å². The van der Waals surface area contributed by atoms with Gasteiger partial charge in [0.25, 0.3) is 0 Å². The molecule has 5 amide bonds. The molecular weight excluding hydrogens is 798 g/mol. The van der Waals surface area contributed by atoms with Gasteiger partial charge in [-0.2, -0.15) is 10.2 Å². The first-order valence-corrected chi connectivity index (χ1v) is 17.9. The second kappa shape index (κ2) is 56.0. The molecule has 0 saturated heterocycles. The van der Waals surface area contributed by atoms with E-state index in [2.05, 4.69) is 75.9 Å². The van der Waals surface area contributed by atoms with Crippen LogP contribution in [-0.2, 0) is 28.8 Å². The Morgan fingerprint density at radius 1 is 0.655 bits per heavy atom. The van der Waals surface area contributed by atoms with Crippen LogP contribution < -0.4 is 44.5 Å². The molecule has 2 aromatic rings. The highest BCUT2D eigenvalue weighted by molar-refractivity contribution is 7.80. The molecule has 55 heavy (non-hydrogen) atoms. The van der Waals surface area contributed by atoms with Crippen LogP contribution in [0.2, 0.25) is 0 Å². The minimum atomic E-state index is -0.278. The smallest absolute Gasteiger partial charge is 0.236 e. The van der Waals surface area contributed by atoms with Crippen molar-refractivity contribution in [3.63, 3.8) is 0 Å². The van der Waals surface area contributed by atoms with Crippen molar-refractivity contribution in [2.24, 2.45) is 32.7 Å². The molecule has 0 aromatic carbocycles. The number of rotatable bonds is 2. The van der Waals surface area contributed by atoms with Crippen molar-refractivity contribution < 1.29 is 28.8 Å². The fourth-order valence-electron chi connectivity index (χ4n) is 1.26. The van der Waals surface area contributed by atoms with Gasteiger partial charge in [0.05, 0.1) is 4.99 Å². The third-order valence-electron chi connectivity index (χ3n) is 2.74. The lowest BCUT2D eigenvalue weighted by Crippen LogP contribution is -2.38. The van der Waals surface area contributed by atoms with E-state index in [0.717, 1.165) is 26.3 Å². The highest BCUT2D eigenvalue weighted by atomic mass is 35.5. The molecule has 0 aliphatic carbocycles. The second-order valence-corrected chi connectivity index (χ2v) is 12.3. The van der Waals surface area contributed by atoms with Crippen molar-refractivity contribution in [2.45, 2.75) is 111 Å². The molecule has 318 valence electrons. The summed E-state index contributed by atoms with van der Waals surface area (Å²) in [5.41, 5.74) is 15.1. The molecule has 0 radical (unpaired) electrons. The van der Waals surface area contributed by atoms with Gasteiger partial charge < -0.3 is 10.5 Å². The lowest BCUT2D eigenvalue weighted by Gasteiger charge is -1.97. The molecule has 0 aliphatic rings. The molecule has 0 atom stereocenters. The fourth-order valence-corrected chi connectivity index (χ4v) is 2.48. The van der Waals surface area contributed by atoms with Gasteiger partial charge in [0.1, 0.15) is 31.5 Å². The summed E-state index contributed by atoms with van der Waals surface area (Å²) in [6.07, 6.45) is 3.84. The van der Waals surface area contributed by atoms with E-state index < -0.39 is 0 Å². The zero-order valence-electron chi connectivity index (χ0n) is 34.6. The number of carbonyl (C=O) groups excluding carboxylic acids is 6. The van der Waals surface area contributed by atoms with Crippen molar-refractivity contribution in [3.05, 3.63) is 20.0 Å². The normalized spacial score (nSPS) is 8.45. The Kier molecular flexibility index (Phi) is 69.5. The van der Waals surface area contributed by atoms with Gasteiger partial charge in [-0.05, 0) is 62.3 Å². The maximum Gasteiger partial charge on any atom is 0.236 e. The molecule has 0 fully saturated rings. The maximum atomic E-state index is 10.0. The van der Waals surface area contributed by atoms with Crippen LogP contribution in [0.1, 0.15) is 103 Å². The fraction of sp³-hybridized carbons (Fsp3) is 0.533. The Morgan fingerprint density at radius 2 is 0.909 bits per heavy atom. The average molecular weight is 861 g/mol. The minimum absolute atomic E-state index is 0.141. The van der Waals surface area contributed by atoms with Crippen molar-refractivity contribution in [1.29, 1.82) is 0 Å². The number of halogens is 1. The van der Waals surface area contributed by atoms with E-state index in [-0.39, 0.29) is 29.5 Å². The number of nitrogens with one attached hydrogen (secondary N) is 5. The van der Waals surface area contributed by atoms with E-state index >= 15 is 0 Å². The highest BCUT2D eigenvalue weighted by Gasteiger charge is 1.90. The first-order valence-electron chi connectivity index (χ1n) is 15.5. The van der Waals surface area contributed by atoms with Crippen molar-refractivity contribution in [2.75, 3.05) is 0 Å². The Balaban J connectivity index is -0.0000000757. The predicted octanol–water partition coefficient (Wildman–Crippen LogP) is 2.78. The van der Waals surface area contributed by atoms with Gasteiger partial charge in [0.15, 0.2) is 0 Å². The first kappa shape index (κ1) is 68.3. The molecule has 25 heteroatoms. The summed E-state index contributed by atoms with van der Waals surface area (Å²) in [5, 5.41) is 30.2. The standard InChI is InChI=1S/C4H7ClN2.C4H8N2O2.C4H8N2O.2C4H6N2S.2C2H6N2O.C2H5NS.C2H4O.C2H6/c1-3-6-7-4(2)5;1-3(7)5-6-4(2)8;1-3-5-6-4(2)7;2*1-3-5-6-4(2)7-3;2*1-2(5)4-3;1-2(3)4;1-2-3;1-2/h3H,1-2H3;1-2H3,(H,5,7)(H,6,8);3H,1-2H3,(H,6,7);2*1-2H3;2*3H2,1H3,(H,4,5);1H3,(H2,3,4);2H,1H3;1-2H3/b6-3+,7-4-;;5-3+;;;;;;;. The Hall–Kier alpha value is -4.75. The highest BCUT2D eigenvalue weighted by Crippen LogP contribution is 2.04. The summed E-state index contributed by atoms with van der Waals surface area (Å²) in [6.45, 7) is 26.8. The van der Waals surface area contributed by atoms with Gasteiger partial charge >= 0.3 is 0 Å². The van der Waals surface area contributed by atoms with E-state index in [9.17, 15) is 24.0 Å². The number of nitrogens with zero attached hydrogens (tertiary/aromatic N) is 7. The van der Waals surface area contributed by atoms with E-state index in [0.29, 0.717) is 10.2 Å². The number of hydrazine groups is 3. The molecule has 21 nitrogen and oxygen atoms in total. The van der Waals surface area contributed by atoms with E-state index in [1.807, 2.05) is 52.4 Å². The Labute approximate surface area is 343 Å². The molecule has 0 saturated carbocycles. The lowest BCUT2D eigenvalue weighted by molar-refractivity contribution is -0.126. The number of thiocarbonyl (C=S) groups is 1. The number of aldehydes is 1. The first-order chi connectivity index (χ1) is 25.4. The molecule has 0 bridgehead atoms. The number of hydrazone groups is 1. The third-order valence-corrected chi connectivity index (χ3v) is 4.32. The van der Waals surface area contributed by atoms with Gasteiger partial charge in [-0.15, -0.1) is 48.2 Å². The Morgan fingerprint density at radius 3 is 0.982 bits per heavy atom. The number of carbonyl (C=O) groups is 6. The number of hydrogen-bond acceptors (Lipinski definition) is 18. The molecule has 0 spiro atoms. The lowest BCUT2D eigenvalue weighted by atomic mass is 10.7. The van der Waals surface area contributed by atoms with Gasteiger partial charge in [-0.3, -0.25) is 45.7 Å². The van der Waals surface area contributed by atoms with Gasteiger partial charge in [-0.1, -0.05) is 37.7 Å². The summed E-state index contributed by atoms with van der Waals surface area (Å²) in [7, 11) is 0. The molecule has 0 unspecified atom stereocenters. The second-order valence-electron chi connectivity index (χ2n) is 8.32. The van der Waals surface area contributed by atoms with Crippen LogP contribution in [0.4, 0.5) is 0 Å². The summed E-state index contributed by atoms with van der Waals surface area (Å²) < 4.78 is 0. The topological polar surface area (TPSA) is 329 Å². The predicted molar refractivity (Wildman–Crippen MR) is 229 cm³/mol. The molecule has 11 N–H and O–H groups in total. The summed E-state index contributed by atoms with van der Waals surface area (Å²) in [6, 6.07) is 0. The SMILES string of the molecule is C/C=N/N=C(/C)Cl.C/C=N/NC(C)=O.CC.CC(=O)NN.CC(=O)NN.CC(=O)NNC(C)=O.CC(N)=S.CC=O.Cc1nnc(C)s1.Cc1nnc(C)s1. The molecule has 2 heterocycles. The van der Waals surface area contributed by atoms with E-state index in [4.69, 9.17) is 22.1 Å². The molecule has 2 aromatic heterocycles. The number of aromatic nitrogens is 4. The number of hydrogen-bond donors (Lipinski definition) is 8. The van der Waals surface area contributed by atoms with Crippen LogP contribution in [0.15, 0.2) is 15.3 Å². The largest absolute Gasteiger partial charge is 0.394 e. The minimum Gasteiger partial charge on any atom is -0.394 e. The van der Waals surface area contributed by atoms with Gasteiger partial charge in [0.2, 0.25) is 29.5 Å². The zero-order chi connectivity index (χ0) is 45.4. The Bertz CT molecular complexity index is 1250. The third kappa shape index (κ3) is 120. The van der Waals surface area contributed by atoms with Crippen molar-refractivity contribution in [3.8, 4) is 0 Å². The van der Waals surface area contributed by atoms with Crippen molar-refractivity contribution in [1.82, 2.24) is 47.5 Å². The number of nitrogens with two attached hydrogens (primary N) is 3. The molecule has 0 aliphatic heterocycles. The summed E-state index contributed by atoms with van der Waals surface area (Å²) in [4.78, 5) is 58.5. The van der Waals surface area contributed by atoms with Gasteiger partial charge in [0, 0.05) is 47.0 Å². The van der Waals surface area contributed by atoms with E-state index in [1.165, 1.54) is 47.8 Å². The number of aryl methyl sites for hydroxylation is 4. The van der Waals surface area contributed by atoms with Crippen LogP contribution in [0.3, 0.4) is 0 Å². The summed E-state index contributed by atoms with van der Waals surface area (Å²) in [5.74, 6) is 8.01.